The van der Waals surface area contributed by atoms with Crippen molar-refractivity contribution in [1.29, 1.82) is 0 Å². The van der Waals surface area contributed by atoms with E-state index in [1.54, 1.807) is 38.1 Å². The van der Waals surface area contributed by atoms with Gasteiger partial charge in [0.15, 0.2) is 11.5 Å². The molecule has 32 heavy (non-hydrogen) atoms. The average molecular weight is 462 g/mol. The number of nitrogens with zero attached hydrogens (tertiary/aromatic N) is 3. The highest BCUT2D eigenvalue weighted by Crippen LogP contribution is 2.35. The summed E-state index contributed by atoms with van der Waals surface area (Å²) in [5.41, 5.74) is 1.99. The molecule has 1 saturated heterocycles. The first kappa shape index (κ1) is 22.4. The Balaban J connectivity index is 1.67. The minimum atomic E-state index is -3.18. The van der Waals surface area contributed by atoms with E-state index in [0.29, 0.717) is 61.0 Å². The summed E-state index contributed by atoms with van der Waals surface area (Å²) in [4.78, 5) is 14.9. The van der Waals surface area contributed by atoms with Crippen LogP contribution in [0.25, 0.3) is 22.1 Å². The summed E-state index contributed by atoms with van der Waals surface area (Å²) in [6.45, 7) is 2.59. The number of piperazine rings is 1. The van der Waals surface area contributed by atoms with Gasteiger partial charge in [0.25, 0.3) is 5.56 Å². The van der Waals surface area contributed by atoms with E-state index in [2.05, 4.69) is 4.90 Å². The van der Waals surface area contributed by atoms with Crippen molar-refractivity contribution >= 4 is 21.0 Å². The maximum atomic E-state index is 12.8. The molecular weight excluding hydrogens is 434 g/mol. The lowest BCUT2D eigenvalue weighted by atomic mass is 10.1. The number of hydrogen-bond donors (Lipinski definition) is 0. The molecule has 0 saturated carbocycles. The van der Waals surface area contributed by atoms with Crippen molar-refractivity contribution < 1.29 is 22.3 Å². The van der Waals surface area contributed by atoms with E-state index in [-0.39, 0.29) is 5.56 Å². The van der Waals surface area contributed by atoms with Crippen LogP contribution >= 0.6 is 0 Å². The molecule has 0 unspecified atom stereocenters. The molecule has 10 heteroatoms. The molecule has 0 aliphatic carbocycles. The third-order valence-corrected chi connectivity index (χ3v) is 7.08. The third kappa shape index (κ3) is 4.25. The van der Waals surface area contributed by atoms with Gasteiger partial charge in [-0.3, -0.25) is 9.69 Å². The molecular formula is C22H27N3O6S. The largest absolute Gasteiger partial charge is 0.493 e. The van der Waals surface area contributed by atoms with Crippen molar-refractivity contribution in [1.82, 2.24) is 13.8 Å². The summed E-state index contributed by atoms with van der Waals surface area (Å²) in [6, 6.07) is 7.35. The Morgan fingerprint density at radius 3 is 2.34 bits per heavy atom. The normalized spacial score (nSPS) is 15.9. The van der Waals surface area contributed by atoms with Crippen molar-refractivity contribution in [2.75, 3.05) is 46.7 Å². The zero-order valence-corrected chi connectivity index (χ0v) is 19.4. The summed E-state index contributed by atoms with van der Waals surface area (Å²) in [6.07, 6.45) is 2.98. The molecule has 4 rings (SSSR count). The van der Waals surface area contributed by atoms with Crippen LogP contribution in [0.2, 0.25) is 0 Å². The molecule has 1 aliphatic heterocycles. The molecule has 0 spiro atoms. The Bertz CT molecular complexity index is 1300. The van der Waals surface area contributed by atoms with Crippen LogP contribution in [0.5, 0.6) is 11.5 Å². The average Bonchev–Trinajstić information content (AvgIpc) is 3.19. The second-order valence-electron chi connectivity index (χ2n) is 7.92. The van der Waals surface area contributed by atoms with Gasteiger partial charge in [-0.25, -0.2) is 8.42 Å². The van der Waals surface area contributed by atoms with Crippen molar-refractivity contribution in [2.45, 2.75) is 6.54 Å². The SMILES string of the molecule is COc1ccc(-c2cn(C)c(=O)c3cc(CN4CCN(S(C)(=O)=O)CC4)oc23)cc1OC. The number of aromatic nitrogens is 1. The molecule has 0 N–H and O–H groups in total. The van der Waals surface area contributed by atoms with Gasteiger partial charge < -0.3 is 18.5 Å². The zero-order valence-electron chi connectivity index (χ0n) is 18.6. The van der Waals surface area contributed by atoms with Gasteiger partial charge in [-0.1, -0.05) is 6.07 Å². The lowest BCUT2D eigenvalue weighted by Gasteiger charge is -2.32. The number of furan rings is 1. The fourth-order valence-corrected chi connectivity index (χ4v) is 4.86. The van der Waals surface area contributed by atoms with Crippen LogP contribution in [0.3, 0.4) is 0 Å². The maximum absolute atomic E-state index is 12.8. The molecule has 0 amide bonds. The summed E-state index contributed by atoms with van der Waals surface area (Å²) in [5.74, 6) is 1.87. The lowest BCUT2D eigenvalue weighted by Crippen LogP contribution is -2.47. The summed E-state index contributed by atoms with van der Waals surface area (Å²) >= 11 is 0. The van der Waals surface area contributed by atoms with E-state index in [1.807, 2.05) is 18.2 Å². The molecule has 3 aromatic rings. The first-order chi connectivity index (χ1) is 15.2. The zero-order chi connectivity index (χ0) is 23.0. The van der Waals surface area contributed by atoms with Crippen LogP contribution in [0.1, 0.15) is 5.76 Å². The first-order valence-corrected chi connectivity index (χ1v) is 12.1. The Morgan fingerprint density at radius 2 is 1.72 bits per heavy atom. The van der Waals surface area contributed by atoms with E-state index in [0.717, 1.165) is 11.1 Å². The van der Waals surface area contributed by atoms with Gasteiger partial charge in [-0.2, -0.15) is 4.31 Å². The van der Waals surface area contributed by atoms with Gasteiger partial charge in [0.2, 0.25) is 10.0 Å². The van der Waals surface area contributed by atoms with Crippen LogP contribution in [0, 0.1) is 0 Å². The van der Waals surface area contributed by atoms with E-state index >= 15 is 0 Å². The Kier molecular flexibility index (Phi) is 6.02. The van der Waals surface area contributed by atoms with Crippen LogP contribution in [-0.2, 0) is 23.6 Å². The number of benzene rings is 1. The summed E-state index contributed by atoms with van der Waals surface area (Å²) in [7, 11) is 1.69. The van der Waals surface area contributed by atoms with Gasteiger partial charge in [0.05, 0.1) is 32.4 Å². The second-order valence-corrected chi connectivity index (χ2v) is 9.90. The van der Waals surface area contributed by atoms with Crippen molar-refractivity contribution in [2.24, 2.45) is 7.05 Å². The highest BCUT2D eigenvalue weighted by molar-refractivity contribution is 7.88. The fraction of sp³-hybridized carbons (Fsp3) is 0.409. The minimum Gasteiger partial charge on any atom is -0.493 e. The highest BCUT2D eigenvalue weighted by atomic mass is 32.2. The van der Waals surface area contributed by atoms with Gasteiger partial charge in [-0.05, 0) is 23.8 Å². The molecule has 0 atom stereocenters. The monoisotopic (exact) mass is 461 g/mol. The molecule has 2 aromatic heterocycles. The molecule has 9 nitrogen and oxygen atoms in total. The third-order valence-electron chi connectivity index (χ3n) is 5.78. The predicted molar refractivity (Wildman–Crippen MR) is 122 cm³/mol. The number of fused-ring (bicyclic) bond motifs is 1. The number of rotatable bonds is 6. The molecule has 3 heterocycles. The van der Waals surface area contributed by atoms with Crippen molar-refractivity contribution in [3.8, 4) is 22.6 Å². The van der Waals surface area contributed by atoms with Crippen LogP contribution in [0.15, 0.2) is 39.7 Å². The van der Waals surface area contributed by atoms with E-state index in [9.17, 15) is 13.2 Å². The number of ether oxygens (including phenoxy) is 2. The molecule has 0 radical (unpaired) electrons. The lowest BCUT2D eigenvalue weighted by molar-refractivity contribution is 0.172. The number of sulfonamides is 1. The number of aryl methyl sites for hydroxylation is 1. The van der Waals surface area contributed by atoms with E-state index in [1.165, 1.54) is 10.6 Å². The Labute approximate surface area is 186 Å². The Hall–Kier alpha value is -2.82. The summed E-state index contributed by atoms with van der Waals surface area (Å²) < 4.78 is 43.4. The first-order valence-electron chi connectivity index (χ1n) is 10.2. The maximum Gasteiger partial charge on any atom is 0.261 e. The Morgan fingerprint density at radius 1 is 1.03 bits per heavy atom. The molecule has 1 aromatic carbocycles. The minimum absolute atomic E-state index is 0.138. The van der Waals surface area contributed by atoms with E-state index < -0.39 is 10.0 Å². The van der Waals surface area contributed by atoms with Crippen LogP contribution in [0.4, 0.5) is 0 Å². The number of pyridine rings is 1. The number of hydrogen-bond acceptors (Lipinski definition) is 7. The second kappa shape index (κ2) is 8.61. The standard InChI is InChI=1S/C22H27N3O6S/c1-23-14-18(15-5-6-19(29-2)20(11-15)30-3)21-17(22(23)26)12-16(31-21)13-24-7-9-25(10-8-24)32(4,27)28/h5-6,11-12,14H,7-10,13H2,1-4H3. The molecule has 0 bridgehead atoms. The number of methoxy groups -OCH3 is 2. The topological polar surface area (TPSA) is 94.2 Å². The van der Waals surface area contributed by atoms with Gasteiger partial charge in [-0.15, -0.1) is 0 Å². The van der Waals surface area contributed by atoms with E-state index in [4.69, 9.17) is 13.9 Å². The molecule has 1 fully saturated rings. The molecule has 172 valence electrons. The van der Waals surface area contributed by atoms with Gasteiger partial charge in [0.1, 0.15) is 11.3 Å². The smallest absolute Gasteiger partial charge is 0.261 e. The van der Waals surface area contributed by atoms with Crippen LogP contribution < -0.4 is 15.0 Å². The van der Waals surface area contributed by atoms with Gasteiger partial charge in [0, 0.05) is 45.0 Å². The highest BCUT2D eigenvalue weighted by Gasteiger charge is 2.24. The predicted octanol–water partition coefficient (Wildman–Crippen LogP) is 1.89. The summed E-state index contributed by atoms with van der Waals surface area (Å²) in [5, 5.41) is 0.504. The van der Waals surface area contributed by atoms with Crippen LogP contribution in [-0.4, -0.2) is 68.8 Å². The molecule has 1 aliphatic rings. The quantitative estimate of drug-likeness (QED) is 0.553. The van der Waals surface area contributed by atoms with Gasteiger partial charge >= 0.3 is 0 Å². The fourth-order valence-electron chi connectivity index (χ4n) is 4.03. The van der Waals surface area contributed by atoms with Crippen molar-refractivity contribution in [3.05, 3.63) is 46.6 Å². The van der Waals surface area contributed by atoms with Crippen molar-refractivity contribution in [3.63, 3.8) is 0 Å².